The average Bonchev–Trinajstić information content (AvgIpc) is 2.54. The minimum absolute atomic E-state index is 0.00168. The monoisotopic (exact) mass is 371 g/mol. The summed E-state index contributed by atoms with van der Waals surface area (Å²) in [5.74, 6) is 1.02. The summed E-state index contributed by atoms with van der Waals surface area (Å²) in [6.07, 6.45) is -1.08. The van der Waals surface area contributed by atoms with Crippen molar-refractivity contribution in [2.75, 3.05) is 13.7 Å². The van der Waals surface area contributed by atoms with Crippen LogP contribution < -0.4 is 14.6 Å². The zero-order chi connectivity index (χ0) is 17.9. The van der Waals surface area contributed by atoms with Gasteiger partial charge in [-0.05, 0) is 42.3 Å². The van der Waals surface area contributed by atoms with E-state index in [1.165, 1.54) is 25.3 Å². The van der Waals surface area contributed by atoms with Crippen LogP contribution in [-0.4, -0.2) is 27.2 Å². The highest BCUT2D eigenvalue weighted by Crippen LogP contribution is 2.33. The molecule has 3 N–H and O–H groups in total. The van der Waals surface area contributed by atoms with Crippen molar-refractivity contribution in [3.63, 3.8) is 0 Å². The maximum atomic E-state index is 11.6. The summed E-state index contributed by atoms with van der Waals surface area (Å²) >= 11 is 5.86. The van der Waals surface area contributed by atoms with Crippen molar-refractivity contribution in [3.8, 4) is 11.5 Å². The van der Waals surface area contributed by atoms with Crippen LogP contribution in [0.5, 0.6) is 11.5 Å². The van der Waals surface area contributed by atoms with E-state index in [1.54, 1.807) is 18.2 Å². The lowest BCUT2D eigenvalue weighted by molar-refractivity contribution is 0.218. The van der Waals surface area contributed by atoms with Gasteiger partial charge in [0.2, 0.25) is 10.0 Å². The van der Waals surface area contributed by atoms with Gasteiger partial charge in [0, 0.05) is 0 Å². The van der Waals surface area contributed by atoms with Gasteiger partial charge in [-0.15, -0.1) is 0 Å². The Labute approximate surface area is 145 Å². The molecule has 0 fully saturated rings. The highest BCUT2D eigenvalue weighted by Gasteiger charge is 2.19. The molecule has 2 rings (SSSR count). The molecule has 0 saturated heterocycles. The van der Waals surface area contributed by atoms with Gasteiger partial charge in [-0.1, -0.05) is 23.7 Å². The van der Waals surface area contributed by atoms with Gasteiger partial charge in [-0.2, -0.15) is 0 Å². The predicted octanol–water partition coefficient (Wildman–Crippen LogP) is 2.48. The number of primary sulfonamides is 1. The molecule has 0 radical (unpaired) electrons. The zero-order valence-electron chi connectivity index (χ0n) is 13.2. The van der Waals surface area contributed by atoms with Gasteiger partial charge in [-0.3, -0.25) is 0 Å². The third-order valence-corrected chi connectivity index (χ3v) is 4.77. The number of nitrogens with two attached hydrogens (primary N) is 1. The van der Waals surface area contributed by atoms with Gasteiger partial charge >= 0.3 is 0 Å². The molecule has 0 bridgehead atoms. The Balaban J connectivity index is 2.45. The van der Waals surface area contributed by atoms with Crippen LogP contribution >= 0.6 is 11.6 Å². The number of rotatable bonds is 6. The van der Waals surface area contributed by atoms with Gasteiger partial charge < -0.3 is 14.6 Å². The molecule has 0 amide bonds. The summed E-state index contributed by atoms with van der Waals surface area (Å²) in [6.45, 7) is 2.27. The second-order valence-electron chi connectivity index (χ2n) is 4.98. The smallest absolute Gasteiger partial charge is 0.239 e. The Hall–Kier alpha value is -1.80. The van der Waals surface area contributed by atoms with E-state index in [0.29, 0.717) is 29.2 Å². The fraction of sp³-hybridized carbons (Fsp3) is 0.250. The second kappa shape index (κ2) is 7.40. The molecule has 24 heavy (non-hydrogen) atoms. The normalized spacial score (nSPS) is 12.7. The van der Waals surface area contributed by atoms with Crippen LogP contribution in [0.4, 0.5) is 0 Å². The Morgan fingerprint density at radius 2 is 1.79 bits per heavy atom. The number of ether oxygens (including phenoxy) is 2. The molecule has 0 heterocycles. The lowest BCUT2D eigenvalue weighted by atomic mass is 10.0. The molecule has 0 aliphatic rings. The molecule has 0 spiro atoms. The summed E-state index contributed by atoms with van der Waals surface area (Å²) < 4.78 is 33.8. The maximum Gasteiger partial charge on any atom is 0.239 e. The summed E-state index contributed by atoms with van der Waals surface area (Å²) in [5, 5.41) is 15.7. The Bertz CT molecular complexity index is 838. The molecule has 2 aromatic carbocycles. The minimum atomic E-state index is -3.99. The summed E-state index contributed by atoms with van der Waals surface area (Å²) in [6, 6.07) is 9.14. The molecular weight excluding hydrogens is 354 g/mol. The van der Waals surface area contributed by atoms with Crippen molar-refractivity contribution in [2.45, 2.75) is 17.9 Å². The molecule has 8 heteroatoms. The first-order chi connectivity index (χ1) is 11.3. The van der Waals surface area contributed by atoms with E-state index >= 15 is 0 Å². The number of aliphatic hydroxyl groups is 1. The molecule has 2 aromatic rings. The highest BCUT2D eigenvalue weighted by atomic mass is 35.5. The maximum absolute atomic E-state index is 11.6. The topological polar surface area (TPSA) is 98.9 Å². The molecule has 130 valence electrons. The van der Waals surface area contributed by atoms with Crippen LogP contribution in [0, 0.1) is 0 Å². The third-order valence-electron chi connectivity index (χ3n) is 3.38. The number of hydrogen-bond donors (Lipinski definition) is 2. The SMILES string of the molecule is CCOc1cc(C(O)c2ccc(Cl)c(S(N)(=O)=O)c2)ccc1OC. The standard InChI is InChI=1S/C16H18ClNO5S/c1-3-23-14-8-10(5-7-13(14)22-2)16(19)11-4-6-12(17)15(9-11)24(18,20)21/h4-9,16,19H,3H2,1-2H3,(H2,18,20,21). The molecule has 0 saturated carbocycles. The third kappa shape index (κ3) is 3.99. The van der Waals surface area contributed by atoms with E-state index in [9.17, 15) is 13.5 Å². The van der Waals surface area contributed by atoms with Crippen LogP contribution in [-0.2, 0) is 10.0 Å². The number of aliphatic hydroxyl groups excluding tert-OH is 1. The lowest BCUT2D eigenvalue weighted by Gasteiger charge is -2.16. The highest BCUT2D eigenvalue weighted by molar-refractivity contribution is 7.89. The molecule has 0 aromatic heterocycles. The largest absolute Gasteiger partial charge is 0.493 e. The Morgan fingerprint density at radius 3 is 2.38 bits per heavy atom. The summed E-state index contributed by atoms with van der Waals surface area (Å²) in [7, 11) is -2.47. The van der Waals surface area contributed by atoms with Crippen molar-refractivity contribution in [1.82, 2.24) is 0 Å². The fourth-order valence-corrected chi connectivity index (χ4v) is 3.31. The predicted molar refractivity (Wildman–Crippen MR) is 91.1 cm³/mol. The van der Waals surface area contributed by atoms with Crippen LogP contribution in [0.25, 0.3) is 0 Å². The average molecular weight is 372 g/mol. The number of hydrogen-bond acceptors (Lipinski definition) is 5. The number of sulfonamides is 1. The first-order valence-corrected chi connectivity index (χ1v) is 9.01. The quantitative estimate of drug-likeness (QED) is 0.812. The number of benzene rings is 2. The number of methoxy groups -OCH3 is 1. The van der Waals surface area contributed by atoms with Crippen LogP contribution in [0.1, 0.15) is 24.2 Å². The molecule has 6 nitrogen and oxygen atoms in total. The first kappa shape index (κ1) is 18.5. The molecular formula is C16H18ClNO5S. The van der Waals surface area contributed by atoms with E-state index < -0.39 is 16.1 Å². The van der Waals surface area contributed by atoms with Crippen molar-refractivity contribution in [2.24, 2.45) is 5.14 Å². The lowest BCUT2D eigenvalue weighted by Crippen LogP contribution is -2.13. The fourth-order valence-electron chi connectivity index (χ4n) is 2.23. The van der Waals surface area contributed by atoms with E-state index in [4.69, 9.17) is 26.2 Å². The van der Waals surface area contributed by atoms with E-state index in [0.717, 1.165) is 0 Å². The van der Waals surface area contributed by atoms with Crippen LogP contribution in [0.2, 0.25) is 5.02 Å². The molecule has 1 atom stereocenters. The molecule has 1 unspecified atom stereocenters. The van der Waals surface area contributed by atoms with Gasteiger partial charge in [0.05, 0.1) is 18.7 Å². The van der Waals surface area contributed by atoms with Crippen LogP contribution in [0.3, 0.4) is 0 Å². The molecule has 0 aliphatic carbocycles. The second-order valence-corrected chi connectivity index (χ2v) is 6.92. The number of halogens is 1. The zero-order valence-corrected chi connectivity index (χ0v) is 14.8. The van der Waals surface area contributed by atoms with E-state index in [2.05, 4.69) is 0 Å². The Morgan fingerprint density at radius 1 is 1.17 bits per heavy atom. The minimum Gasteiger partial charge on any atom is -0.493 e. The van der Waals surface area contributed by atoms with Crippen molar-refractivity contribution in [3.05, 3.63) is 52.5 Å². The summed E-state index contributed by atoms with van der Waals surface area (Å²) in [5.41, 5.74) is 0.859. The van der Waals surface area contributed by atoms with Gasteiger partial charge in [0.15, 0.2) is 11.5 Å². The van der Waals surface area contributed by atoms with E-state index in [1.807, 2.05) is 6.92 Å². The van der Waals surface area contributed by atoms with Crippen molar-refractivity contribution >= 4 is 21.6 Å². The van der Waals surface area contributed by atoms with E-state index in [-0.39, 0.29) is 9.92 Å². The summed E-state index contributed by atoms with van der Waals surface area (Å²) in [4.78, 5) is -0.237. The van der Waals surface area contributed by atoms with Crippen molar-refractivity contribution < 1.29 is 23.0 Å². The first-order valence-electron chi connectivity index (χ1n) is 7.09. The van der Waals surface area contributed by atoms with Gasteiger partial charge in [0.25, 0.3) is 0 Å². The van der Waals surface area contributed by atoms with Gasteiger partial charge in [0.1, 0.15) is 11.0 Å². The van der Waals surface area contributed by atoms with Gasteiger partial charge in [-0.25, -0.2) is 13.6 Å². The van der Waals surface area contributed by atoms with Crippen LogP contribution in [0.15, 0.2) is 41.3 Å². The van der Waals surface area contributed by atoms with Crippen molar-refractivity contribution in [1.29, 1.82) is 0 Å². The Kier molecular flexibility index (Phi) is 5.71. The molecule has 0 aliphatic heterocycles.